The predicted octanol–water partition coefficient (Wildman–Crippen LogP) is 3.95. The lowest BCUT2D eigenvalue weighted by Gasteiger charge is -2.14. The highest BCUT2D eigenvalue weighted by molar-refractivity contribution is 7.88. The average molecular weight is 480 g/mol. The van der Waals surface area contributed by atoms with Crippen molar-refractivity contribution >= 4 is 38.3 Å². The molecule has 1 aliphatic rings. The summed E-state index contributed by atoms with van der Waals surface area (Å²) in [6.45, 7) is 3.84. The molecule has 0 saturated heterocycles. The van der Waals surface area contributed by atoms with Crippen molar-refractivity contribution in [2.45, 2.75) is 45.0 Å². The number of nitrogens with one attached hydrogen (secondary N) is 3. The summed E-state index contributed by atoms with van der Waals surface area (Å²) in [5.41, 5.74) is 2.43. The predicted molar refractivity (Wildman–Crippen MR) is 134 cm³/mol. The number of sulfonamides is 1. The van der Waals surface area contributed by atoms with Crippen LogP contribution in [0.15, 0.2) is 60.7 Å². The van der Waals surface area contributed by atoms with Crippen LogP contribution >= 0.6 is 0 Å². The van der Waals surface area contributed by atoms with Crippen LogP contribution in [0, 0.1) is 5.92 Å². The van der Waals surface area contributed by atoms with Crippen LogP contribution < -0.4 is 15.4 Å². The minimum atomic E-state index is -3.40. The van der Waals surface area contributed by atoms with Crippen LogP contribution in [0.25, 0.3) is 10.8 Å². The molecule has 7 nitrogen and oxygen atoms in total. The van der Waals surface area contributed by atoms with Gasteiger partial charge in [-0.1, -0.05) is 48.5 Å². The molecule has 3 N–H and O–H groups in total. The zero-order valence-corrected chi connectivity index (χ0v) is 20.1. The molecular weight excluding hydrogens is 450 g/mol. The number of carbonyl (C=O) groups is 2. The molecule has 34 heavy (non-hydrogen) atoms. The number of benzene rings is 3. The molecule has 1 fully saturated rings. The van der Waals surface area contributed by atoms with E-state index in [1.165, 1.54) is 0 Å². The quantitative estimate of drug-likeness (QED) is 0.432. The van der Waals surface area contributed by atoms with Gasteiger partial charge >= 0.3 is 0 Å². The van der Waals surface area contributed by atoms with E-state index in [0.717, 1.165) is 29.2 Å². The van der Waals surface area contributed by atoms with Crippen molar-refractivity contribution in [3.8, 4) is 0 Å². The van der Waals surface area contributed by atoms with Gasteiger partial charge in [-0.15, -0.1) is 0 Å². The van der Waals surface area contributed by atoms with Crippen molar-refractivity contribution in [3.63, 3.8) is 0 Å². The molecule has 0 aliphatic heterocycles. The fourth-order valence-corrected chi connectivity index (χ4v) is 5.20. The van der Waals surface area contributed by atoms with Gasteiger partial charge in [-0.05, 0) is 60.7 Å². The van der Waals surface area contributed by atoms with Gasteiger partial charge in [-0.3, -0.25) is 9.59 Å². The molecule has 0 atom stereocenters. The van der Waals surface area contributed by atoms with Gasteiger partial charge < -0.3 is 10.6 Å². The largest absolute Gasteiger partial charge is 0.348 e. The summed E-state index contributed by atoms with van der Waals surface area (Å²) >= 11 is 0. The highest BCUT2D eigenvalue weighted by atomic mass is 32.2. The molecule has 1 aliphatic carbocycles. The summed E-state index contributed by atoms with van der Waals surface area (Å²) in [5.74, 6) is -0.411. The second-order valence-electron chi connectivity index (χ2n) is 9.04. The van der Waals surface area contributed by atoms with Gasteiger partial charge in [0.1, 0.15) is 0 Å². The Hall–Kier alpha value is -3.23. The van der Waals surface area contributed by atoms with E-state index in [0.29, 0.717) is 16.8 Å². The van der Waals surface area contributed by atoms with E-state index < -0.39 is 10.0 Å². The molecule has 2 amide bonds. The number of rotatable bonds is 9. The molecule has 0 bridgehead atoms. The van der Waals surface area contributed by atoms with Crippen LogP contribution in [0.1, 0.15) is 48.2 Å². The molecule has 4 rings (SSSR count). The van der Waals surface area contributed by atoms with Gasteiger partial charge in [0.2, 0.25) is 15.9 Å². The third-order valence-corrected chi connectivity index (χ3v) is 7.13. The van der Waals surface area contributed by atoms with Crippen molar-refractivity contribution < 1.29 is 18.0 Å². The van der Waals surface area contributed by atoms with E-state index >= 15 is 0 Å². The lowest BCUT2D eigenvalue weighted by Crippen LogP contribution is -2.31. The second-order valence-corrected chi connectivity index (χ2v) is 10.8. The molecular formula is C26H29N3O4S. The van der Waals surface area contributed by atoms with Crippen molar-refractivity contribution in [2.75, 3.05) is 5.32 Å². The summed E-state index contributed by atoms with van der Waals surface area (Å²) in [4.78, 5) is 25.4. The molecule has 0 unspecified atom stereocenters. The van der Waals surface area contributed by atoms with Crippen molar-refractivity contribution in [3.05, 3.63) is 77.4 Å². The van der Waals surface area contributed by atoms with Crippen LogP contribution in [0.4, 0.5) is 5.69 Å². The lowest BCUT2D eigenvalue weighted by atomic mass is 10.0. The summed E-state index contributed by atoms with van der Waals surface area (Å²) in [5, 5.41) is 7.70. The molecule has 3 aromatic carbocycles. The SMILES string of the molecule is CC(C)NS(=O)(=O)Cc1ccc(CNC(=O)c2cc3ccccc3cc2NC(=O)C2CC2)cc1. The molecule has 3 aromatic rings. The maximum absolute atomic E-state index is 13.1. The molecule has 0 heterocycles. The topological polar surface area (TPSA) is 104 Å². The van der Waals surface area contributed by atoms with Gasteiger partial charge in [0.05, 0.1) is 17.0 Å². The second kappa shape index (κ2) is 9.95. The lowest BCUT2D eigenvalue weighted by molar-refractivity contribution is -0.117. The van der Waals surface area contributed by atoms with Crippen LogP contribution in [0.5, 0.6) is 0 Å². The summed E-state index contributed by atoms with van der Waals surface area (Å²) in [6, 6.07) is 18.3. The zero-order chi connectivity index (χ0) is 24.3. The monoisotopic (exact) mass is 479 g/mol. The molecule has 0 spiro atoms. The van der Waals surface area contributed by atoms with Crippen LogP contribution in [0.3, 0.4) is 0 Å². The average Bonchev–Trinajstić information content (AvgIpc) is 3.62. The summed E-state index contributed by atoms with van der Waals surface area (Å²) in [7, 11) is -3.40. The Morgan fingerprint density at radius 1 is 0.941 bits per heavy atom. The van der Waals surface area contributed by atoms with Gasteiger partial charge in [0.15, 0.2) is 0 Å². The van der Waals surface area contributed by atoms with Crippen LogP contribution in [0.2, 0.25) is 0 Å². The Kier molecular flexibility index (Phi) is 7.00. The molecule has 8 heteroatoms. The number of carbonyl (C=O) groups excluding carboxylic acids is 2. The third-order valence-electron chi connectivity index (χ3n) is 5.58. The number of anilines is 1. The molecule has 0 aromatic heterocycles. The Morgan fingerprint density at radius 2 is 1.56 bits per heavy atom. The van der Waals surface area contributed by atoms with E-state index in [4.69, 9.17) is 0 Å². The maximum atomic E-state index is 13.1. The van der Waals surface area contributed by atoms with E-state index in [1.54, 1.807) is 44.2 Å². The first-order valence-corrected chi connectivity index (χ1v) is 13.0. The first-order valence-electron chi connectivity index (χ1n) is 11.4. The molecule has 0 radical (unpaired) electrons. The van der Waals surface area contributed by atoms with Crippen molar-refractivity contribution in [1.82, 2.24) is 10.0 Å². The highest BCUT2D eigenvalue weighted by Gasteiger charge is 2.30. The van der Waals surface area contributed by atoms with E-state index in [-0.39, 0.29) is 36.1 Å². The van der Waals surface area contributed by atoms with Gasteiger partial charge in [-0.25, -0.2) is 13.1 Å². The number of hydrogen-bond donors (Lipinski definition) is 3. The van der Waals surface area contributed by atoms with Gasteiger partial charge in [-0.2, -0.15) is 0 Å². The van der Waals surface area contributed by atoms with Crippen LogP contribution in [-0.4, -0.2) is 26.3 Å². The first kappa shape index (κ1) is 23.9. The number of amides is 2. The third kappa shape index (κ3) is 6.21. The zero-order valence-electron chi connectivity index (χ0n) is 19.3. The Labute approximate surface area is 200 Å². The van der Waals surface area contributed by atoms with Gasteiger partial charge in [0.25, 0.3) is 5.91 Å². The fraction of sp³-hybridized carbons (Fsp3) is 0.308. The number of hydrogen-bond acceptors (Lipinski definition) is 4. The van der Waals surface area contributed by atoms with E-state index in [1.807, 2.05) is 30.3 Å². The Bertz CT molecular complexity index is 1310. The molecule has 1 saturated carbocycles. The standard InChI is InChI=1S/C26H29N3O4S/c1-17(2)29-34(32,33)16-19-9-7-18(8-10-19)15-27-26(31)23-13-21-5-3-4-6-22(21)14-24(23)28-25(30)20-11-12-20/h3-10,13-14,17,20,29H,11-12,15-16H2,1-2H3,(H,27,31)(H,28,30). The van der Waals surface area contributed by atoms with E-state index in [9.17, 15) is 18.0 Å². The summed E-state index contributed by atoms with van der Waals surface area (Å²) < 4.78 is 26.8. The van der Waals surface area contributed by atoms with Crippen LogP contribution in [-0.2, 0) is 27.1 Å². The minimum Gasteiger partial charge on any atom is -0.348 e. The highest BCUT2D eigenvalue weighted by Crippen LogP contribution is 2.32. The Balaban J connectivity index is 1.46. The molecule has 178 valence electrons. The smallest absolute Gasteiger partial charge is 0.253 e. The van der Waals surface area contributed by atoms with Crippen molar-refractivity contribution in [2.24, 2.45) is 5.92 Å². The minimum absolute atomic E-state index is 0.0282. The summed E-state index contributed by atoms with van der Waals surface area (Å²) in [6.07, 6.45) is 1.76. The Morgan fingerprint density at radius 3 is 2.18 bits per heavy atom. The first-order chi connectivity index (χ1) is 16.2. The number of fused-ring (bicyclic) bond motifs is 1. The fourth-order valence-electron chi connectivity index (χ4n) is 3.76. The maximum Gasteiger partial charge on any atom is 0.253 e. The normalized spacial score (nSPS) is 13.7. The van der Waals surface area contributed by atoms with Gasteiger partial charge in [0, 0.05) is 18.5 Å². The van der Waals surface area contributed by atoms with E-state index in [2.05, 4.69) is 15.4 Å². The van der Waals surface area contributed by atoms with Crippen molar-refractivity contribution in [1.29, 1.82) is 0 Å².